The predicted octanol–water partition coefficient (Wildman–Crippen LogP) is 11.2. The molecular weight excluding hydrogens is 1300 g/mol. The number of amides is 16. The van der Waals surface area contributed by atoms with E-state index in [4.69, 9.17) is 0 Å². The van der Waals surface area contributed by atoms with Gasteiger partial charge in [0.15, 0.2) is 0 Å². The Balaban J connectivity index is 0.000000589. The summed E-state index contributed by atoms with van der Waals surface area (Å²) in [5.41, 5.74) is -0.405. The quantitative estimate of drug-likeness (QED) is 0.0455. The van der Waals surface area contributed by atoms with Crippen LogP contribution >= 0.6 is 0 Å². The molecule has 24 heteroatoms. The van der Waals surface area contributed by atoms with Gasteiger partial charge < -0.3 is 0 Å². The highest BCUT2D eigenvalue weighted by molar-refractivity contribution is 6.17. The van der Waals surface area contributed by atoms with Crippen molar-refractivity contribution in [1.82, 2.24) is 39.6 Å². The SMILES string of the molecule is CC(C)(C)N1C(=O)C=CC1=O.CCC(C)N1C(=O)C=CC1=O.CCCCCCCCCCCCN1C(=O)C=CC1=O.CCCCCCCCN1C(=O)C=CC1=O.CCCCCCCN1C(=O)C=CC1=O.CCCCCCN1C(=O)C=CC1=O.CCCCCN1C(=O)C=CC1=O.O=C1C=CC(=O)N1. The van der Waals surface area contributed by atoms with E-state index in [0.29, 0.717) is 32.7 Å². The first kappa shape index (κ1) is 91.1. The van der Waals surface area contributed by atoms with E-state index in [9.17, 15) is 76.7 Å². The molecule has 16 amide bonds. The lowest BCUT2D eigenvalue weighted by Crippen LogP contribution is -2.45. The van der Waals surface area contributed by atoms with Gasteiger partial charge in [-0.2, -0.15) is 0 Å². The van der Waals surface area contributed by atoms with E-state index in [2.05, 4.69) is 34.6 Å². The van der Waals surface area contributed by atoms with Gasteiger partial charge in [-0.3, -0.25) is 116 Å². The van der Waals surface area contributed by atoms with E-state index in [1.807, 2.05) is 39.9 Å². The molecule has 1 N–H and O–H groups in total. The fourth-order valence-corrected chi connectivity index (χ4v) is 10.6. The van der Waals surface area contributed by atoms with Crippen LogP contribution in [0.5, 0.6) is 0 Å². The number of unbranched alkanes of at least 4 members (excludes halogenated alkanes) is 23. The Bertz CT molecular complexity index is 2930. The molecule has 564 valence electrons. The summed E-state index contributed by atoms with van der Waals surface area (Å²) in [5, 5.41) is 2.03. The predicted molar refractivity (Wildman–Crippen MR) is 391 cm³/mol. The summed E-state index contributed by atoms with van der Waals surface area (Å²) in [6.45, 7) is 23.0. The van der Waals surface area contributed by atoms with Gasteiger partial charge in [-0.15, -0.1) is 0 Å². The molecule has 8 aliphatic rings. The molecule has 8 rings (SSSR count). The molecule has 0 radical (unpaired) electrons. The van der Waals surface area contributed by atoms with Crippen LogP contribution in [-0.2, 0) is 76.7 Å². The third-order valence-corrected chi connectivity index (χ3v) is 16.7. The lowest BCUT2D eigenvalue weighted by molar-refractivity contribution is -0.143. The van der Waals surface area contributed by atoms with Crippen molar-refractivity contribution in [1.29, 1.82) is 0 Å². The van der Waals surface area contributed by atoms with Gasteiger partial charge >= 0.3 is 0 Å². The third-order valence-electron chi connectivity index (χ3n) is 16.7. The first-order chi connectivity index (χ1) is 48.6. The van der Waals surface area contributed by atoms with Gasteiger partial charge in [-0.25, -0.2) is 0 Å². The van der Waals surface area contributed by atoms with Crippen molar-refractivity contribution >= 4 is 94.5 Å². The summed E-state index contributed by atoms with van der Waals surface area (Å²) in [4.78, 5) is 185. The highest BCUT2D eigenvalue weighted by atomic mass is 16.2. The van der Waals surface area contributed by atoms with E-state index in [0.717, 1.165) is 77.0 Å². The molecule has 8 heterocycles. The molecule has 0 aromatic carbocycles. The van der Waals surface area contributed by atoms with Crippen LogP contribution in [0, 0.1) is 0 Å². The summed E-state index contributed by atoms with van der Waals surface area (Å²) < 4.78 is 0. The summed E-state index contributed by atoms with van der Waals surface area (Å²) in [7, 11) is 0. The molecule has 0 aromatic rings. The number of rotatable bonds is 35. The van der Waals surface area contributed by atoms with Crippen LogP contribution in [0.15, 0.2) is 97.2 Å². The molecule has 102 heavy (non-hydrogen) atoms. The maximum Gasteiger partial charge on any atom is 0.254 e. The summed E-state index contributed by atoms with van der Waals surface area (Å²) in [6.07, 6.45) is 54.6. The molecule has 24 nitrogen and oxygen atoms in total. The van der Waals surface area contributed by atoms with Crippen LogP contribution in [0.4, 0.5) is 0 Å². The van der Waals surface area contributed by atoms with Crippen LogP contribution in [0.1, 0.15) is 255 Å². The minimum absolute atomic E-state index is 0.0185. The summed E-state index contributed by atoms with van der Waals surface area (Å²) >= 11 is 0. The Kier molecular flexibility index (Phi) is 47.3. The van der Waals surface area contributed by atoms with Gasteiger partial charge in [0.2, 0.25) is 0 Å². The number of carbonyl (C=O) groups excluding carboxylic acids is 16. The van der Waals surface area contributed by atoms with Crippen molar-refractivity contribution in [3.63, 3.8) is 0 Å². The highest BCUT2D eigenvalue weighted by Gasteiger charge is 2.34. The third kappa shape index (κ3) is 37.1. The molecule has 1 unspecified atom stereocenters. The van der Waals surface area contributed by atoms with Gasteiger partial charge in [0.05, 0.1) is 0 Å². The van der Waals surface area contributed by atoms with E-state index < -0.39 is 5.54 Å². The number of imide groups is 8. The lowest BCUT2D eigenvalue weighted by atomic mass is 10.1. The smallest absolute Gasteiger partial charge is 0.254 e. The molecule has 0 aromatic heterocycles. The normalized spacial score (nSPS) is 16.4. The first-order valence-corrected chi connectivity index (χ1v) is 37.0. The first-order valence-electron chi connectivity index (χ1n) is 37.0. The Labute approximate surface area is 605 Å². The Morgan fingerprint density at radius 1 is 0.255 bits per heavy atom. The highest BCUT2D eigenvalue weighted by Crippen LogP contribution is 2.19. The summed E-state index contributed by atoms with van der Waals surface area (Å²) in [5.74, 6) is -3.09. The number of carbonyl (C=O) groups is 16. The Hall–Kier alpha value is -8.96. The van der Waals surface area contributed by atoms with E-state index in [-0.39, 0.29) is 101 Å². The van der Waals surface area contributed by atoms with Crippen LogP contribution in [0.25, 0.3) is 0 Å². The van der Waals surface area contributed by atoms with Crippen molar-refractivity contribution in [3.8, 4) is 0 Å². The van der Waals surface area contributed by atoms with Crippen LogP contribution in [0.3, 0.4) is 0 Å². The van der Waals surface area contributed by atoms with Crippen molar-refractivity contribution in [2.75, 3.05) is 32.7 Å². The van der Waals surface area contributed by atoms with Gasteiger partial charge in [0.1, 0.15) is 0 Å². The molecule has 0 bridgehead atoms. The maximum absolute atomic E-state index is 11.3. The van der Waals surface area contributed by atoms with E-state index in [1.54, 1.807) is 0 Å². The average molecular weight is 1420 g/mol. The molecule has 1 atom stereocenters. The monoisotopic (exact) mass is 1420 g/mol. The second-order valence-electron chi connectivity index (χ2n) is 26.3. The van der Waals surface area contributed by atoms with Crippen molar-refractivity contribution in [2.24, 2.45) is 0 Å². The van der Waals surface area contributed by atoms with Gasteiger partial charge in [0, 0.05) is 142 Å². The Morgan fingerprint density at radius 3 is 0.618 bits per heavy atom. The van der Waals surface area contributed by atoms with Crippen LogP contribution in [-0.4, -0.2) is 173 Å². The van der Waals surface area contributed by atoms with Crippen molar-refractivity contribution in [2.45, 2.75) is 267 Å². The number of hydrogen-bond acceptors (Lipinski definition) is 16. The molecule has 8 aliphatic heterocycles. The van der Waals surface area contributed by atoms with E-state index >= 15 is 0 Å². The molecule has 0 spiro atoms. The molecular formula is C78H116N8O16. The summed E-state index contributed by atoms with van der Waals surface area (Å²) in [6, 6.07) is 0.0185. The number of hydrogen-bond donors (Lipinski definition) is 1. The lowest BCUT2D eigenvalue weighted by Gasteiger charge is -2.29. The second kappa shape index (κ2) is 52.9. The molecule has 0 aliphatic carbocycles. The maximum atomic E-state index is 11.3. The molecule has 0 saturated heterocycles. The van der Waals surface area contributed by atoms with Crippen LogP contribution < -0.4 is 5.32 Å². The number of nitrogens with zero attached hydrogens (tertiary/aromatic N) is 7. The van der Waals surface area contributed by atoms with Gasteiger partial charge in [0.25, 0.3) is 94.5 Å². The fraction of sp³-hybridized carbons (Fsp3) is 0.590. The Morgan fingerprint density at radius 2 is 0.431 bits per heavy atom. The van der Waals surface area contributed by atoms with Crippen molar-refractivity contribution in [3.05, 3.63) is 97.2 Å². The zero-order valence-corrected chi connectivity index (χ0v) is 62.5. The fourth-order valence-electron chi connectivity index (χ4n) is 10.6. The number of nitrogens with one attached hydrogen (secondary N) is 1. The largest absolute Gasteiger partial charge is 0.289 e. The zero-order valence-electron chi connectivity index (χ0n) is 62.5. The van der Waals surface area contributed by atoms with E-state index in [1.165, 1.54) is 241 Å². The zero-order chi connectivity index (χ0) is 76.4. The van der Waals surface area contributed by atoms with Crippen molar-refractivity contribution < 1.29 is 76.7 Å². The minimum atomic E-state index is -0.405. The molecule has 0 fully saturated rings. The minimum Gasteiger partial charge on any atom is -0.289 e. The average Bonchev–Trinajstić information content (AvgIpc) is 1.66. The standard InChI is InChI=1S/C16H27NO2.C12H19NO2.C11H17NO2.C10H15NO2.C9H13NO2.2C8H11NO2.C4H3NO2/c1-2-3-4-5-6-7-8-9-10-11-14-17-15(18)12-13-16(17)19;1-2-3-4-5-6-7-10-13-11(14)8-9-12(13)15;1-2-3-4-5-6-9-12-10(13)7-8-11(12)14;1-2-3-4-5-8-11-9(12)6-7-10(11)13;1-2-3-4-7-10-8(11)5-6-9(10)12;1-8(2,3)9-6(10)4-5-7(9)11;1-3-6(2)9-7(10)4-5-8(9)11;6-3-1-2-4(7)5-3/h12-13H,2-11,14H2,1H3;8-9H,2-7,10H2,1H3;7-8H,2-6,9H2,1H3;6-7H,2-5,8H2,1H3;5-6H,2-4,7H2,1H3;4-5H,1-3H3;4-6H,3H2,1-2H3;1-2H,(H,5,6,7). The molecule has 0 saturated carbocycles. The van der Waals surface area contributed by atoms with Gasteiger partial charge in [-0.05, 0) is 66.2 Å². The van der Waals surface area contributed by atoms with Crippen LogP contribution in [0.2, 0.25) is 0 Å². The van der Waals surface area contributed by atoms with Gasteiger partial charge in [-0.1, -0.05) is 189 Å². The second-order valence-corrected chi connectivity index (χ2v) is 26.3. The topological polar surface area (TPSA) is 308 Å².